The highest BCUT2D eigenvalue weighted by Gasteiger charge is 2.16. The van der Waals surface area contributed by atoms with Crippen molar-refractivity contribution < 1.29 is 13.2 Å². The molecule has 1 saturated heterocycles. The SMILES string of the molecule is CNS(=O)(=O)CCNC(=O)CC1CCCNC1. The van der Waals surface area contributed by atoms with E-state index in [0.29, 0.717) is 12.3 Å². The van der Waals surface area contributed by atoms with Gasteiger partial charge >= 0.3 is 0 Å². The Balaban J connectivity index is 2.16. The van der Waals surface area contributed by atoms with Gasteiger partial charge in [0.2, 0.25) is 15.9 Å². The van der Waals surface area contributed by atoms with Gasteiger partial charge in [-0.3, -0.25) is 4.79 Å². The lowest BCUT2D eigenvalue weighted by atomic mass is 9.96. The van der Waals surface area contributed by atoms with Gasteiger partial charge in [-0.15, -0.1) is 0 Å². The van der Waals surface area contributed by atoms with Crippen molar-refractivity contribution in [3.05, 3.63) is 0 Å². The summed E-state index contributed by atoms with van der Waals surface area (Å²) in [4.78, 5) is 11.5. The summed E-state index contributed by atoms with van der Waals surface area (Å²) in [6.45, 7) is 2.07. The highest BCUT2D eigenvalue weighted by atomic mass is 32.2. The molecule has 3 N–H and O–H groups in total. The number of nitrogens with one attached hydrogen (secondary N) is 3. The van der Waals surface area contributed by atoms with Crippen molar-refractivity contribution in [3.8, 4) is 0 Å². The highest BCUT2D eigenvalue weighted by molar-refractivity contribution is 7.89. The summed E-state index contributed by atoms with van der Waals surface area (Å²) in [5, 5.41) is 5.88. The van der Waals surface area contributed by atoms with Crippen LogP contribution < -0.4 is 15.4 Å². The molecule has 17 heavy (non-hydrogen) atoms. The van der Waals surface area contributed by atoms with Crippen molar-refractivity contribution >= 4 is 15.9 Å². The molecule has 1 unspecified atom stereocenters. The molecular formula is C10H21N3O3S. The highest BCUT2D eigenvalue weighted by Crippen LogP contribution is 2.13. The van der Waals surface area contributed by atoms with Gasteiger partial charge in [0.05, 0.1) is 5.75 Å². The third-order valence-electron chi connectivity index (χ3n) is 2.88. The standard InChI is InChI=1S/C10H21N3O3S/c1-11-17(15,16)6-5-13-10(14)7-9-3-2-4-12-8-9/h9,11-12H,2-8H2,1H3,(H,13,14). The molecule has 0 aromatic heterocycles. The van der Waals surface area contributed by atoms with Crippen LogP contribution in [0.3, 0.4) is 0 Å². The predicted octanol–water partition coefficient (Wildman–Crippen LogP) is -0.958. The van der Waals surface area contributed by atoms with Gasteiger partial charge in [0.1, 0.15) is 0 Å². The number of rotatable bonds is 6. The first kappa shape index (κ1) is 14.4. The quantitative estimate of drug-likeness (QED) is 0.576. The molecule has 1 amide bonds. The summed E-state index contributed by atoms with van der Waals surface area (Å²) in [7, 11) is -1.86. The van der Waals surface area contributed by atoms with Crippen molar-refractivity contribution in [1.29, 1.82) is 0 Å². The first-order valence-corrected chi connectivity index (χ1v) is 7.57. The van der Waals surface area contributed by atoms with Gasteiger partial charge in [0.15, 0.2) is 0 Å². The fourth-order valence-corrected chi connectivity index (χ4v) is 2.43. The molecule has 0 aromatic carbocycles. The van der Waals surface area contributed by atoms with E-state index in [0.717, 1.165) is 25.9 Å². The van der Waals surface area contributed by atoms with Crippen molar-refractivity contribution in [2.75, 3.05) is 32.4 Å². The summed E-state index contributed by atoms with van der Waals surface area (Å²) in [6, 6.07) is 0. The Bertz CT molecular complexity index is 337. The van der Waals surface area contributed by atoms with Crippen LogP contribution in [-0.4, -0.2) is 46.8 Å². The Labute approximate surface area is 103 Å². The smallest absolute Gasteiger partial charge is 0.220 e. The summed E-state index contributed by atoms with van der Waals surface area (Å²) in [5.41, 5.74) is 0. The van der Waals surface area contributed by atoms with Crippen LogP contribution in [0.4, 0.5) is 0 Å². The Morgan fingerprint density at radius 2 is 2.24 bits per heavy atom. The monoisotopic (exact) mass is 263 g/mol. The number of hydrogen-bond donors (Lipinski definition) is 3. The maximum Gasteiger partial charge on any atom is 0.220 e. The molecule has 6 nitrogen and oxygen atoms in total. The van der Waals surface area contributed by atoms with Gasteiger partial charge in [-0.1, -0.05) is 0 Å². The second-order valence-corrected chi connectivity index (χ2v) is 6.34. The van der Waals surface area contributed by atoms with Gasteiger partial charge in [-0.2, -0.15) is 0 Å². The van der Waals surface area contributed by atoms with E-state index in [2.05, 4.69) is 15.4 Å². The van der Waals surface area contributed by atoms with E-state index in [9.17, 15) is 13.2 Å². The molecule has 0 radical (unpaired) electrons. The van der Waals surface area contributed by atoms with Crippen LogP contribution in [0.2, 0.25) is 0 Å². The van der Waals surface area contributed by atoms with E-state index >= 15 is 0 Å². The van der Waals surface area contributed by atoms with Crippen molar-refractivity contribution in [2.24, 2.45) is 5.92 Å². The Morgan fingerprint density at radius 3 is 2.82 bits per heavy atom. The van der Waals surface area contributed by atoms with Gasteiger partial charge in [-0.05, 0) is 38.9 Å². The number of sulfonamides is 1. The van der Waals surface area contributed by atoms with E-state index in [4.69, 9.17) is 0 Å². The largest absolute Gasteiger partial charge is 0.355 e. The first-order chi connectivity index (χ1) is 8.03. The Morgan fingerprint density at radius 1 is 1.47 bits per heavy atom. The average molecular weight is 263 g/mol. The van der Waals surface area contributed by atoms with Crippen molar-refractivity contribution in [1.82, 2.24) is 15.4 Å². The minimum absolute atomic E-state index is 0.0648. The molecule has 0 aliphatic carbocycles. The Kier molecular flexibility index (Phi) is 5.87. The minimum atomic E-state index is -3.23. The molecule has 1 heterocycles. The van der Waals surface area contributed by atoms with E-state index in [1.807, 2.05) is 0 Å². The molecule has 100 valence electrons. The van der Waals surface area contributed by atoms with Gasteiger partial charge < -0.3 is 10.6 Å². The van der Waals surface area contributed by atoms with Crippen LogP contribution in [0.1, 0.15) is 19.3 Å². The van der Waals surface area contributed by atoms with E-state index in [1.54, 1.807) is 0 Å². The average Bonchev–Trinajstić information content (AvgIpc) is 2.30. The lowest BCUT2D eigenvalue weighted by molar-refractivity contribution is -0.122. The zero-order valence-corrected chi connectivity index (χ0v) is 11.0. The minimum Gasteiger partial charge on any atom is -0.355 e. The van der Waals surface area contributed by atoms with E-state index in [-0.39, 0.29) is 18.2 Å². The molecule has 1 aliphatic heterocycles. The molecule has 1 aliphatic rings. The topological polar surface area (TPSA) is 87.3 Å². The number of hydrogen-bond acceptors (Lipinski definition) is 4. The lowest BCUT2D eigenvalue weighted by Crippen LogP contribution is -2.36. The molecular weight excluding hydrogens is 242 g/mol. The second-order valence-electron chi connectivity index (χ2n) is 4.29. The van der Waals surface area contributed by atoms with Crippen LogP contribution in [-0.2, 0) is 14.8 Å². The van der Waals surface area contributed by atoms with Gasteiger partial charge in [-0.25, -0.2) is 13.1 Å². The summed E-state index contributed by atoms with van der Waals surface area (Å²) < 4.78 is 24.4. The molecule has 0 spiro atoms. The lowest BCUT2D eigenvalue weighted by Gasteiger charge is -2.22. The van der Waals surface area contributed by atoms with Crippen LogP contribution >= 0.6 is 0 Å². The van der Waals surface area contributed by atoms with E-state index in [1.165, 1.54) is 7.05 Å². The number of piperidine rings is 1. The van der Waals surface area contributed by atoms with Crippen LogP contribution in [0.5, 0.6) is 0 Å². The number of carbonyl (C=O) groups excluding carboxylic acids is 1. The maximum absolute atomic E-state index is 11.5. The van der Waals surface area contributed by atoms with Crippen LogP contribution in [0, 0.1) is 5.92 Å². The number of carbonyl (C=O) groups is 1. The molecule has 1 atom stereocenters. The van der Waals surface area contributed by atoms with E-state index < -0.39 is 10.0 Å². The first-order valence-electron chi connectivity index (χ1n) is 5.92. The number of amides is 1. The zero-order valence-electron chi connectivity index (χ0n) is 10.2. The summed E-state index contributed by atoms with van der Waals surface area (Å²) >= 11 is 0. The maximum atomic E-state index is 11.5. The molecule has 1 fully saturated rings. The summed E-state index contributed by atoms with van der Waals surface area (Å²) in [6.07, 6.45) is 2.65. The fraction of sp³-hybridized carbons (Fsp3) is 0.900. The normalized spacial score (nSPS) is 21.1. The van der Waals surface area contributed by atoms with Gasteiger partial charge in [0.25, 0.3) is 0 Å². The van der Waals surface area contributed by atoms with Crippen molar-refractivity contribution in [3.63, 3.8) is 0 Å². The third kappa shape index (κ3) is 5.99. The summed E-state index contributed by atoms with van der Waals surface area (Å²) in [5.74, 6) is 0.243. The molecule has 0 saturated carbocycles. The predicted molar refractivity (Wildman–Crippen MR) is 66.1 cm³/mol. The van der Waals surface area contributed by atoms with Gasteiger partial charge in [0, 0.05) is 13.0 Å². The molecule has 1 rings (SSSR count). The van der Waals surface area contributed by atoms with Crippen molar-refractivity contribution in [2.45, 2.75) is 19.3 Å². The molecule has 7 heteroatoms. The zero-order chi connectivity index (χ0) is 12.7. The van der Waals surface area contributed by atoms with Crippen LogP contribution in [0.25, 0.3) is 0 Å². The Hall–Kier alpha value is -0.660. The molecule has 0 bridgehead atoms. The second kappa shape index (κ2) is 6.93. The third-order valence-corrected chi connectivity index (χ3v) is 4.24. The van der Waals surface area contributed by atoms with Crippen LogP contribution in [0.15, 0.2) is 0 Å². The fourth-order valence-electron chi connectivity index (χ4n) is 1.86. The molecule has 0 aromatic rings.